The molecule has 1 rings (SSSR count). The first-order valence-electron chi connectivity index (χ1n) is 5.86. The number of ether oxygens (including phenoxy) is 1. The first-order valence-corrected chi connectivity index (χ1v) is 6.78. The summed E-state index contributed by atoms with van der Waals surface area (Å²) in [6.45, 7) is 3.05. The van der Waals surface area contributed by atoms with Crippen LogP contribution in [0.2, 0.25) is 0 Å². The first-order chi connectivity index (χ1) is 7.86. The summed E-state index contributed by atoms with van der Waals surface area (Å²) in [5, 5.41) is 0. The van der Waals surface area contributed by atoms with Crippen molar-refractivity contribution in [2.24, 2.45) is 0 Å². The molecule has 1 nitrogen and oxygen atoms in total. The van der Waals surface area contributed by atoms with Crippen LogP contribution in [0.25, 0.3) is 6.08 Å². The second-order valence-corrected chi connectivity index (χ2v) is 4.30. The molecule has 0 saturated heterocycles. The Labute approximate surface area is 107 Å². The molecule has 1 aromatic rings. The highest BCUT2D eigenvalue weighted by Crippen LogP contribution is 2.14. The Hall–Kier alpha value is -0.760. The molecular formula is C14H19BrO. The maximum atomic E-state index is 5.65. The van der Waals surface area contributed by atoms with Crippen molar-refractivity contribution in [2.75, 3.05) is 6.61 Å². The minimum atomic E-state index is 0.827. The van der Waals surface area contributed by atoms with E-state index in [9.17, 15) is 0 Å². The minimum absolute atomic E-state index is 0.827. The molecule has 2 heteroatoms. The zero-order valence-electron chi connectivity index (χ0n) is 9.79. The molecule has 0 amide bonds. The predicted molar refractivity (Wildman–Crippen MR) is 74.0 cm³/mol. The molecule has 0 aliphatic carbocycles. The monoisotopic (exact) mass is 282 g/mol. The summed E-state index contributed by atoms with van der Waals surface area (Å²) in [6.07, 6.45) is 6.99. The van der Waals surface area contributed by atoms with Crippen LogP contribution >= 0.6 is 15.9 Å². The third-order valence-electron chi connectivity index (χ3n) is 2.40. The van der Waals surface area contributed by atoms with E-state index in [1.807, 2.05) is 23.2 Å². The van der Waals surface area contributed by atoms with Crippen LogP contribution < -0.4 is 4.74 Å². The molecule has 0 atom stereocenters. The number of unbranched alkanes of at least 4 members (excludes halogenated alkanes) is 3. The highest BCUT2D eigenvalue weighted by Gasteiger charge is 1.93. The summed E-state index contributed by atoms with van der Waals surface area (Å²) in [5.74, 6) is 0.961. The summed E-state index contributed by atoms with van der Waals surface area (Å²) in [5.41, 5.74) is 1.18. The van der Waals surface area contributed by atoms with Crippen molar-refractivity contribution >= 4 is 22.0 Å². The summed E-state index contributed by atoms with van der Waals surface area (Å²) < 4.78 is 5.65. The molecule has 0 spiro atoms. The number of rotatable bonds is 7. The van der Waals surface area contributed by atoms with Gasteiger partial charge in [-0.1, -0.05) is 54.2 Å². The van der Waals surface area contributed by atoms with Gasteiger partial charge in [-0.05, 0) is 35.2 Å². The van der Waals surface area contributed by atoms with Gasteiger partial charge in [0.25, 0.3) is 0 Å². The molecule has 0 bridgehead atoms. The average molecular weight is 283 g/mol. The first kappa shape index (κ1) is 13.3. The third kappa shape index (κ3) is 5.36. The van der Waals surface area contributed by atoms with Crippen LogP contribution in [-0.4, -0.2) is 6.61 Å². The summed E-state index contributed by atoms with van der Waals surface area (Å²) >= 11 is 3.26. The van der Waals surface area contributed by atoms with Crippen LogP contribution in [0.1, 0.15) is 38.2 Å². The van der Waals surface area contributed by atoms with E-state index in [0.717, 1.165) is 18.8 Å². The van der Waals surface area contributed by atoms with Crippen molar-refractivity contribution in [1.29, 1.82) is 0 Å². The number of hydrogen-bond acceptors (Lipinski definition) is 1. The number of halogens is 1. The van der Waals surface area contributed by atoms with Crippen molar-refractivity contribution < 1.29 is 4.74 Å². The standard InChI is InChI=1S/C14H19BrO/c1-2-3-4-5-12-16-14-8-6-13(7-9-14)10-11-15/h6-11H,2-5,12H2,1H3/b11-10+. The van der Waals surface area contributed by atoms with E-state index in [0.29, 0.717) is 0 Å². The van der Waals surface area contributed by atoms with Gasteiger partial charge in [0.1, 0.15) is 5.75 Å². The molecule has 0 aromatic heterocycles. The summed E-state index contributed by atoms with van der Waals surface area (Å²) in [7, 11) is 0. The Morgan fingerprint density at radius 2 is 1.88 bits per heavy atom. The fraction of sp³-hybridized carbons (Fsp3) is 0.429. The van der Waals surface area contributed by atoms with Gasteiger partial charge in [-0.15, -0.1) is 0 Å². The molecule has 0 saturated carbocycles. The van der Waals surface area contributed by atoms with Crippen molar-refractivity contribution in [3.05, 3.63) is 34.8 Å². The van der Waals surface area contributed by atoms with Gasteiger partial charge in [0.05, 0.1) is 6.61 Å². The van der Waals surface area contributed by atoms with Crippen LogP contribution in [0.5, 0.6) is 5.75 Å². The van der Waals surface area contributed by atoms with Gasteiger partial charge in [0, 0.05) is 0 Å². The van der Waals surface area contributed by atoms with Gasteiger partial charge in [-0.25, -0.2) is 0 Å². The van der Waals surface area contributed by atoms with Gasteiger partial charge in [-0.2, -0.15) is 0 Å². The number of hydrogen-bond donors (Lipinski definition) is 0. The SMILES string of the molecule is CCCCCCOc1ccc(/C=C/Br)cc1. The van der Waals surface area contributed by atoms with E-state index >= 15 is 0 Å². The van der Waals surface area contributed by atoms with Gasteiger partial charge >= 0.3 is 0 Å². The average Bonchev–Trinajstić information content (AvgIpc) is 2.31. The topological polar surface area (TPSA) is 9.23 Å². The maximum absolute atomic E-state index is 5.65. The molecule has 0 N–H and O–H groups in total. The molecule has 0 fully saturated rings. The van der Waals surface area contributed by atoms with Gasteiger partial charge in [-0.3, -0.25) is 0 Å². The quantitative estimate of drug-likeness (QED) is 0.639. The summed E-state index contributed by atoms with van der Waals surface area (Å²) in [6, 6.07) is 8.14. The van der Waals surface area contributed by atoms with Crippen LogP contribution in [0.3, 0.4) is 0 Å². The van der Waals surface area contributed by atoms with Gasteiger partial charge in [0.2, 0.25) is 0 Å². The molecule has 1 aromatic carbocycles. The molecule has 16 heavy (non-hydrogen) atoms. The van der Waals surface area contributed by atoms with Gasteiger partial charge < -0.3 is 4.74 Å². The lowest BCUT2D eigenvalue weighted by Crippen LogP contribution is -1.96. The zero-order chi connectivity index (χ0) is 11.6. The Morgan fingerprint density at radius 1 is 1.12 bits per heavy atom. The van der Waals surface area contributed by atoms with Crippen molar-refractivity contribution in [3.63, 3.8) is 0 Å². The molecule has 0 heterocycles. The molecule has 88 valence electrons. The van der Waals surface area contributed by atoms with Crippen LogP contribution in [0.4, 0.5) is 0 Å². The smallest absolute Gasteiger partial charge is 0.119 e. The van der Waals surface area contributed by atoms with Crippen LogP contribution in [0, 0.1) is 0 Å². The Bertz CT molecular complexity index is 303. The zero-order valence-corrected chi connectivity index (χ0v) is 11.4. The molecule has 0 radical (unpaired) electrons. The van der Waals surface area contributed by atoms with E-state index in [2.05, 4.69) is 35.0 Å². The molecule has 0 aliphatic heterocycles. The Kier molecular flexibility index (Phi) is 6.98. The lowest BCUT2D eigenvalue weighted by molar-refractivity contribution is 0.305. The molecule has 0 unspecified atom stereocenters. The van der Waals surface area contributed by atoms with E-state index in [-0.39, 0.29) is 0 Å². The van der Waals surface area contributed by atoms with E-state index in [1.165, 1.54) is 24.8 Å². The fourth-order valence-corrected chi connectivity index (χ4v) is 1.77. The Balaban J connectivity index is 2.26. The Morgan fingerprint density at radius 3 is 2.50 bits per heavy atom. The van der Waals surface area contributed by atoms with E-state index in [4.69, 9.17) is 4.74 Å². The predicted octanol–water partition coefficient (Wildman–Crippen LogP) is 5.01. The lowest BCUT2D eigenvalue weighted by atomic mass is 10.2. The third-order valence-corrected chi connectivity index (χ3v) is 2.67. The lowest BCUT2D eigenvalue weighted by Gasteiger charge is -2.05. The van der Waals surface area contributed by atoms with Crippen molar-refractivity contribution in [1.82, 2.24) is 0 Å². The second-order valence-electron chi connectivity index (χ2n) is 3.77. The molecular weight excluding hydrogens is 264 g/mol. The van der Waals surface area contributed by atoms with Crippen molar-refractivity contribution in [2.45, 2.75) is 32.6 Å². The van der Waals surface area contributed by atoms with Crippen LogP contribution in [-0.2, 0) is 0 Å². The maximum Gasteiger partial charge on any atom is 0.119 e. The second kappa shape index (κ2) is 8.40. The molecule has 0 aliphatic rings. The number of benzene rings is 1. The normalized spacial score (nSPS) is 10.9. The van der Waals surface area contributed by atoms with Crippen molar-refractivity contribution in [3.8, 4) is 5.75 Å². The largest absolute Gasteiger partial charge is 0.494 e. The fourth-order valence-electron chi connectivity index (χ4n) is 1.47. The summed E-state index contributed by atoms with van der Waals surface area (Å²) in [4.78, 5) is 1.85. The van der Waals surface area contributed by atoms with E-state index in [1.54, 1.807) is 0 Å². The van der Waals surface area contributed by atoms with Crippen LogP contribution in [0.15, 0.2) is 29.3 Å². The van der Waals surface area contributed by atoms with Gasteiger partial charge in [0.15, 0.2) is 0 Å². The minimum Gasteiger partial charge on any atom is -0.494 e. The highest BCUT2D eigenvalue weighted by atomic mass is 79.9. The highest BCUT2D eigenvalue weighted by molar-refractivity contribution is 9.11. The van der Waals surface area contributed by atoms with E-state index < -0.39 is 0 Å².